The van der Waals surface area contributed by atoms with Crippen molar-refractivity contribution < 1.29 is 4.79 Å². The Morgan fingerprint density at radius 2 is 1.81 bits per heavy atom. The quantitative estimate of drug-likeness (QED) is 0.521. The smallest absolute Gasteiger partial charge is 0.193 e. The van der Waals surface area contributed by atoms with Gasteiger partial charge in [0.1, 0.15) is 0 Å². The molecule has 2 nitrogen and oxygen atoms in total. The molecule has 0 unspecified atom stereocenters. The molecular weight excluding hydrogens is 278 g/mol. The molecule has 0 amide bonds. The van der Waals surface area contributed by atoms with Crippen LogP contribution in [0.1, 0.15) is 22.8 Å². The van der Waals surface area contributed by atoms with Gasteiger partial charge in [0.2, 0.25) is 0 Å². The first-order valence-corrected chi connectivity index (χ1v) is 7.89. The summed E-state index contributed by atoms with van der Waals surface area (Å²) in [6.07, 6.45) is 1.76. The fraction of sp³-hybridized carbons (Fsp3) is 0.111. The van der Waals surface area contributed by atoms with Gasteiger partial charge in [0.15, 0.2) is 5.78 Å². The minimum atomic E-state index is 0.0498. The van der Waals surface area contributed by atoms with Crippen LogP contribution in [0.4, 0.5) is 0 Å². The number of pyridine rings is 1. The van der Waals surface area contributed by atoms with Gasteiger partial charge in [0.25, 0.3) is 0 Å². The summed E-state index contributed by atoms with van der Waals surface area (Å²) < 4.78 is 0. The van der Waals surface area contributed by atoms with E-state index >= 15 is 0 Å². The largest absolute Gasteiger partial charge is 0.289 e. The molecule has 0 radical (unpaired) electrons. The Labute approximate surface area is 128 Å². The summed E-state index contributed by atoms with van der Waals surface area (Å²) in [4.78, 5) is 18.0. The van der Waals surface area contributed by atoms with Gasteiger partial charge in [-0.15, -0.1) is 11.8 Å². The molecule has 1 heterocycles. The Morgan fingerprint density at radius 3 is 2.57 bits per heavy atom. The molecule has 3 aromatic rings. The highest BCUT2D eigenvalue weighted by atomic mass is 32.2. The molecule has 0 atom stereocenters. The van der Waals surface area contributed by atoms with Crippen LogP contribution in [0.2, 0.25) is 0 Å². The van der Waals surface area contributed by atoms with E-state index in [0.29, 0.717) is 5.56 Å². The number of hydrogen-bond acceptors (Lipinski definition) is 3. The second-order valence-electron chi connectivity index (χ2n) is 4.70. The standard InChI is InChI=1S/C18H15NOS/c1-2-21-16-8-5-13(6-9-16)18(20)15-7-10-17-14(12-15)4-3-11-19-17/h3-12H,2H2,1H3. The number of carbonyl (C=O) groups excluding carboxylic acids is 1. The fourth-order valence-corrected chi connectivity index (χ4v) is 2.91. The third kappa shape index (κ3) is 2.98. The molecule has 0 fully saturated rings. The van der Waals surface area contributed by atoms with Gasteiger partial charge in [0, 0.05) is 27.6 Å². The van der Waals surface area contributed by atoms with Crippen LogP contribution in [-0.2, 0) is 0 Å². The number of benzene rings is 2. The van der Waals surface area contributed by atoms with Crippen molar-refractivity contribution in [2.75, 3.05) is 5.75 Å². The van der Waals surface area contributed by atoms with Crippen molar-refractivity contribution in [3.05, 3.63) is 71.9 Å². The lowest BCUT2D eigenvalue weighted by molar-refractivity contribution is 0.103. The molecule has 3 rings (SSSR count). The number of carbonyl (C=O) groups is 1. The number of thioether (sulfide) groups is 1. The van der Waals surface area contributed by atoms with Crippen molar-refractivity contribution in [2.45, 2.75) is 11.8 Å². The van der Waals surface area contributed by atoms with Crippen LogP contribution in [0.25, 0.3) is 10.9 Å². The summed E-state index contributed by atoms with van der Waals surface area (Å²) >= 11 is 1.77. The van der Waals surface area contributed by atoms with Crippen molar-refractivity contribution >= 4 is 28.4 Å². The van der Waals surface area contributed by atoms with Crippen LogP contribution in [0.3, 0.4) is 0 Å². The van der Waals surface area contributed by atoms with Gasteiger partial charge in [-0.05, 0) is 54.3 Å². The monoisotopic (exact) mass is 293 g/mol. The predicted molar refractivity (Wildman–Crippen MR) is 88.0 cm³/mol. The molecule has 0 saturated carbocycles. The highest BCUT2D eigenvalue weighted by Gasteiger charge is 2.09. The highest BCUT2D eigenvalue weighted by molar-refractivity contribution is 7.99. The summed E-state index contributed by atoms with van der Waals surface area (Å²) in [6.45, 7) is 2.12. The molecule has 2 aromatic carbocycles. The molecule has 104 valence electrons. The number of aromatic nitrogens is 1. The summed E-state index contributed by atoms with van der Waals surface area (Å²) in [6, 6.07) is 17.3. The normalized spacial score (nSPS) is 10.7. The Hall–Kier alpha value is -2.13. The van der Waals surface area contributed by atoms with Gasteiger partial charge in [-0.1, -0.05) is 13.0 Å². The van der Waals surface area contributed by atoms with Gasteiger partial charge in [0.05, 0.1) is 5.52 Å². The van der Waals surface area contributed by atoms with Crippen LogP contribution < -0.4 is 0 Å². The van der Waals surface area contributed by atoms with Crippen molar-refractivity contribution in [3.63, 3.8) is 0 Å². The van der Waals surface area contributed by atoms with E-state index in [9.17, 15) is 4.79 Å². The second-order valence-corrected chi connectivity index (χ2v) is 6.03. The second kappa shape index (κ2) is 6.10. The lowest BCUT2D eigenvalue weighted by Crippen LogP contribution is -2.01. The maximum Gasteiger partial charge on any atom is 0.193 e. The summed E-state index contributed by atoms with van der Waals surface area (Å²) in [5.41, 5.74) is 2.33. The van der Waals surface area contributed by atoms with E-state index in [0.717, 1.165) is 22.2 Å². The Kier molecular flexibility index (Phi) is 4.02. The van der Waals surface area contributed by atoms with E-state index in [1.54, 1.807) is 18.0 Å². The molecule has 1 aromatic heterocycles. The zero-order valence-electron chi connectivity index (χ0n) is 11.7. The lowest BCUT2D eigenvalue weighted by atomic mass is 10.0. The molecule has 0 saturated heterocycles. The molecule has 21 heavy (non-hydrogen) atoms. The number of rotatable bonds is 4. The minimum Gasteiger partial charge on any atom is -0.289 e. The Morgan fingerprint density at radius 1 is 1.05 bits per heavy atom. The van der Waals surface area contributed by atoms with E-state index in [1.807, 2.05) is 54.6 Å². The maximum absolute atomic E-state index is 12.5. The molecule has 0 bridgehead atoms. The highest BCUT2D eigenvalue weighted by Crippen LogP contribution is 2.20. The topological polar surface area (TPSA) is 30.0 Å². The first-order valence-electron chi connectivity index (χ1n) is 6.90. The summed E-state index contributed by atoms with van der Waals surface area (Å²) in [5.74, 6) is 1.08. The molecule has 0 N–H and O–H groups in total. The minimum absolute atomic E-state index is 0.0498. The van der Waals surface area contributed by atoms with E-state index < -0.39 is 0 Å². The SMILES string of the molecule is CCSc1ccc(C(=O)c2ccc3ncccc3c2)cc1. The third-order valence-electron chi connectivity index (χ3n) is 3.29. The molecule has 0 aliphatic carbocycles. The van der Waals surface area contributed by atoms with Gasteiger partial charge >= 0.3 is 0 Å². The first-order chi connectivity index (χ1) is 10.3. The zero-order chi connectivity index (χ0) is 14.7. The van der Waals surface area contributed by atoms with Crippen molar-refractivity contribution in [3.8, 4) is 0 Å². The van der Waals surface area contributed by atoms with Crippen molar-refractivity contribution in [2.24, 2.45) is 0 Å². The van der Waals surface area contributed by atoms with Gasteiger partial charge in [-0.2, -0.15) is 0 Å². The average Bonchev–Trinajstić information content (AvgIpc) is 2.55. The predicted octanol–water partition coefficient (Wildman–Crippen LogP) is 4.58. The maximum atomic E-state index is 12.5. The van der Waals surface area contributed by atoms with Crippen LogP contribution in [0.5, 0.6) is 0 Å². The van der Waals surface area contributed by atoms with Gasteiger partial charge in [-0.25, -0.2) is 0 Å². The van der Waals surface area contributed by atoms with Crippen LogP contribution in [0.15, 0.2) is 65.7 Å². The van der Waals surface area contributed by atoms with E-state index in [2.05, 4.69) is 11.9 Å². The Balaban J connectivity index is 1.92. The van der Waals surface area contributed by atoms with Crippen molar-refractivity contribution in [1.82, 2.24) is 4.98 Å². The van der Waals surface area contributed by atoms with E-state index in [1.165, 1.54) is 4.90 Å². The summed E-state index contributed by atoms with van der Waals surface area (Å²) in [5, 5.41) is 0.988. The third-order valence-corrected chi connectivity index (χ3v) is 4.19. The fourth-order valence-electron chi connectivity index (χ4n) is 2.25. The van der Waals surface area contributed by atoms with Crippen LogP contribution >= 0.6 is 11.8 Å². The molecule has 0 spiro atoms. The van der Waals surface area contributed by atoms with E-state index in [4.69, 9.17) is 0 Å². The number of ketones is 1. The molecule has 0 aliphatic heterocycles. The van der Waals surface area contributed by atoms with Gasteiger partial charge < -0.3 is 0 Å². The van der Waals surface area contributed by atoms with Crippen LogP contribution in [0, 0.1) is 0 Å². The number of nitrogens with zero attached hydrogens (tertiary/aromatic N) is 1. The number of fused-ring (bicyclic) bond motifs is 1. The summed E-state index contributed by atoms with van der Waals surface area (Å²) in [7, 11) is 0. The lowest BCUT2D eigenvalue weighted by Gasteiger charge is -2.04. The van der Waals surface area contributed by atoms with Crippen molar-refractivity contribution in [1.29, 1.82) is 0 Å². The van der Waals surface area contributed by atoms with E-state index in [-0.39, 0.29) is 5.78 Å². The zero-order valence-corrected chi connectivity index (χ0v) is 12.6. The molecule has 3 heteroatoms. The molecular formula is C18H15NOS. The average molecular weight is 293 g/mol. The Bertz CT molecular complexity index is 781. The first kappa shape index (κ1) is 13.8. The molecule has 0 aliphatic rings. The van der Waals surface area contributed by atoms with Crippen LogP contribution in [-0.4, -0.2) is 16.5 Å². The number of hydrogen-bond donors (Lipinski definition) is 0. The van der Waals surface area contributed by atoms with Gasteiger partial charge in [-0.3, -0.25) is 9.78 Å².